The number of nitrogens with one attached hydrogen (secondary N) is 1. The Labute approximate surface area is 199 Å². The number of hydrogen-bond acceptors (Lipinski definition) is 7. The molecule has 1 aromatic carbocycles. The zero-order chi connectivity index (χ0) is 23.4. The lowest BCUT2D eigenvalue weighted by atomic mass is 9.95. The highest BCUT2D eigenvalue weighted by Gasteiger charge is 2.30. The zero-order valence-corrected chi connectivity index (χ0v) is 20.5. The molecule has 0 radical (unpaired) electrons. The van der Waals surface area contributed by atoms with Gasteiger partial charge < -0.3 is 19.7 Å². The van der Waals surface area contributed by atoms with Crippen molar-refractivity contribution in [3.8, 4) is 5.75 Å². The van der Waals surface area contributed by atoms with Gasteiger partial charge in [0.15, 0.2) is 0 Å². The summed E-state index contributed by atoms with van der Waals surface area (Å²) in [6.45, 7) is 7.37. The third kappa shape index (κ3) is 5.17. The summed E-state index contributed by atoms with van der Waals surface area (Å²) < 4.78 is 10.6. The van der Waals surface area contributed by atoms with Crippen LogP contribution in [0.3, 0.4) is 0 Å². The van der Waals surface area contributed by atoms with Crippen LogP contribution in [0.1, 0.15) is 47.5 Å². The number of nitrogens with zero attached hydrogens (tertiary/aromatic N) is 2. The van der Waals surface area contributed by atoms with Gasteiger partial charge in [0.05, 0.1) is 25.3 Å². The molecule has 1 N–H and O–H groups in total. The normalized spacial score (nSPS) is 17.2. The van der Waals surface area contributed by atoms with E-state index in [-0.39, 0.29) is 17.9 Å². The maximum Gasteiger partial charge on any atom is 0.341 e. The number of anilines is 2. The molecule has 1 aliphatic carbocycles. The van der Waals surface area contributed by atoms with Crippen LogP contribution in [-0.4, -0.2) is 62.7 Å². The van der Waals surface area contributed by atoms with Crippen LogP contribution in [0.15, 0.2) is 24.3 Å². The van der Waals surface area contributed by atoms with Crippen LogP contribution in [0.4, 0.5) is 10.7 Å². The monoisotopic (exact) mass is 471 g/mol. The van der Waals surface area contributed by atoms with Gasteiger partial charge in [0, 0.05) is 36.7 Å². The first-order valence-corrected chi connectivity index (χ1v) is 12.6. The Morgan fingerprint density at radius 2 is 1.79 bits per heavy atom. The summed E-state index contributed by atoms with van der Waals surface area (Å²) in [5.41, 5.74) is 2.80. The molecule has 1 aliphatic heterocycles. The van der Waals surface area contributed by atoms with Crippen molar-refractivity contribution in [2.45, 2.75) is 45.6 Å². The van der Waals surface area contributed by atoms with E-state index in [9.17, 15) is 9.59 Å². The minimum absolute atomic E-state index is 0.0722. The predicted octanol–water partition coefficient (Wildman–Crippen LogP) is 3.96. The molecule has 178 valence electrons. The highest BCUT2D eigenvalue weighted by Crippen LogP contribution is 2.38. The third-order valence-corrected chi connectivity index (χ3v) is 7.77. The summed E-state index contributed by atoms with van der Waals surface area (Å²) in [6, 6.07) is 7.80. The van der Waals surface area contributed by atoms with Crippen LogP contribution < -0.4 is 15.0 Å². The number of amides is 1. The second-order valence-electron chi connectivity index (χ2n) is 8.52. The number of esters is 1. The van der Waals surface area contributed by atoms with Crippen LogP contribution in [0.25, 0.3) is 0 Å². The maximum absolute atomic E-state index is 13.2. The minimum Gasteiger partial charge on any atom is -0.497 e. The van der Waals surface area contributed by atoms with Gasteiger partial charge in [0.1, 0.15) is 10.8 Å². The van der Waals surface area contributed by atoms with Crippen LogP contribution in [0.5, 0.6) is 5.75 Å². The molecule has 0 spiro atoms. The lowest BCUT2D eigenvalue weighted by molar-refractivity contribution is -0.120. The third-order valence-electron chi connectivity index (χ3n) is 6.57. The Hall–Kier alpha value is -2.58. The maximum atomic E-state index is 13.2. The van der Waals surface area contributed by atoms with E-state index in [0.29, 0.717) is 17.2 Å². The Morgan fingerprint density at radius 1 is 1.09 bits per heavy atom. The molecule has 1 unspecified atom stereocenters. The van der Waals surface area contributed by atoms with Gasteiger partial charge in [-0.3, -0.25) is 9.69 Å². The number of methoxy groups -OCH3 is 1. The summed E-state index contributed by atoms with van der Waals surface area (Å²) in [6.07, 6.45) is 4.03. The van der Waals surface area contributed by atoms with Gasteiger partial charge in [0.2, 0.25) is 5.91 Å². The lowest BCUT2D eigenvalue weighted by Crippen LogP contribution is -2.52. The molecule has 1 aromatic heterocycles. The average molecular weight is 472 g/mol. The Morgan fingerprint density at radius 3 is 2.45 bits per heavy atom. The number of thiophene rings is 1. The van der Waals surface area contributed by atoms with Crippen molar-refractivity contribution < 1.29 is 19.1 Å². The van der Waals surface area contributed by atoms with Crippen molar-refractivity contribution in [3.05, 3.63) is 40.3 Å². The summed E-state index contributed by atoms with van der Waals surface area (Å²) in [7, 11) is 1.67. The van der Waals surface area contributed by atoms with Crippen molar-refractivity contribution in [1.82, 2.24) is 4.90 Å². The number of piperazine rings is 1. The smallest absolute Gasteiger partial charge is 0.341 e. The molecule has 4 rings (SSSR count). The van der Waals surface area contributed by atoms with E-state index in [0.717, 1.165) is 68.9 Å². The molecule has 33 heavy (non-hydrogen) atoms. The highest BCUT2D eigenvalue weighted by atomic mass is 32.1. The first-order valence-electron chi connectivity index (χ1n) is 11.8. The number of carbonyl (C=O) groups is 2. The second kappa shape index (κ2) is 10.6. The van der Waals surface area contributed by atoms with Crippen molar-refractivity contribution >= 4 is 33.9 Å². The van der Waals surface area contributed by atoms with Gasteiger partial charge >= 0.3 is 5.97 Å². The van der Waals surface area contributed by atoms with Gasteiger partial charge in [0.25, 0.3) is 0 Å². The number of rotatable bonds is 7. The fourth-order valence-electron chi connectivity index (χ4n) is 4.62. The average Bonchev–Trinajstić information content (AvgIpc) is 3.21. The van der Waals surface area contributed by atoms with E-state index >= 15 is 0 Å². The minimum atomic E-state index is -0.326. The predicted molar refractivity (Wildman–Crippen MR) is 132 cm³/mol. The quantitative estimate of drug-likeness (QED) is 0.617. The molecular weight excluding hydrogens is 438 g/mol. The van der Waals surface area contributed by atoms with Crippen LogP contribution >= 0.6 is 11.3 Å². The Kier molecular flexibility index (Phi) is 7.55. The van der Waals surface area contributed by atoms with E-state index in [1.54, 1.807) is 7.11 Å². The van der Waals surface area contributed by atoms with E-state index in [1.807, 2.05) is 26.0 Å². The molecule has 0 saturated carbocycles. The number of benzene rings is 1. The Balaban J connectivity index is 1.40. The molecular formula is C25H33N3O4S. The van der Waals surface area contributed by atoms with Crippen molar-refractivity contribution in [3.63, 3.8) is 0 Å². The number of aryl methyl sites for hydroxylation is 1. The Bertz CT molecular complexity index is 980. The number of ether oxygens (including phenoxy) is 2. The molecule has 8 heteroatoms. The molecule has 7 nitrogen and oxygen atoms in total. The van der Waals surface area contributed by atoms with Gasteiger partial charge in [-0.05, 0) is 69.4 Å². The highest BCUT2D eigenvalue weighted by molar-refractivity contribution is 7.17. The second-order valence-corrected chi connectivity index (χ2v) is 9.63. The number of hydrogen-bond donors (Lipinski definition) is 1. The van der Waals surface area contributed by atoms with E-state index in [1.165, 1.54) is 16.2 Å². The molecule has 1 atom stereocenters. The van der Waals surface area contributed by atoms with E-state index in [4.69, 9.17) is 9.47 Å². The summed E-state index contributed by atoms with van der Waals surface area (Å²) >= 11 is 1.54. The summed E-state index contributed by atoms with van der Waals surface area (Å²) in [4.78, 5) is 31.6. The van der Waals surface area contributed by atoms with Gasteiger partial charge in [-0.25, -0.2) is 4.79 Å². The molecule has 1 fully saturated rings. The molecule has 2 aliphatic rings. The lowest BCUT2D eigenvalue weighted by Gasteiger charge is -2.38. The van der Waals surface area contributed by atoms with Crippen molar-refractivity contribution in [2.24, 2.45) is 0 Å². The molecule has 1 amide bonds. The standard InChI is InChI=1S/C25H33N3O4S/c1-4-32-25(30)22-20-7-5-6-8-21(20)33-24(22)26-23(29)17(2)27-13-15-28(16-14-27)18-9-11-19(31-3)12-10-18/h9-12,17H,4-8,13-16H2,1-3H3,(H,26,29). The molecule has 1 saturated heterocycles. The first kappa shape index (κ1) is 23.6. The molecule has 2 heterocycles. The van der Waals surface area contributed by atoms with Crippen molar-refractivity contribution in [1.29, 1.82) is 0 Å². The van der Waals surface area contributed by atoms with Crippen LogP contribution in [0.2, 0.25) is 0 Å². The first-order chi connectivity index (χ1) is 16.0. The summed E-state index contributed by atoms with van der Waals surface area (Å²) in [5.74, 6) is 0.449. The fraction of sp³-hybridized carbons (Fsp3) is 0.520. The van der Waals surface area contributed by atoms with Gasteiger partial charge in [-0.15, -0.1) is 11.3 Å². The SMILES string of the molecule is CCOC(=O)c1c(NC(=O)C(C)N2CCN(c3ccc(OC)cc3)CC2)sc2c1CCCC2. The number of fused-ring (bicyclic) bond motifs is 1. The zero-order valence-electron chi connectivity index (χ0n) is 19.7. The van der Waals surface area contributed by atoms with Gasteiger partial charge in [-0.2, -0.15) is 0 Å². The van der Waals surface area contributed by atoms with Crippen LogP contribution in [-0.2, 0) is 22.4 Å². The van der Waals surface area contributed by atoms with Crippen LogP contribution in [0, 0.1) is 0 Å². The topological polar surface area (TPSA) is 71.1 Å². The molecule has 2 aromatic rings. The summed E-state index contributed by atoms with van der Waals surface area (Å²) in [5, 5.41) is 3.72. The molecule has 0 bridgehead atoms. The fourth-order valence-corrected chi connectivity index (χ4v) is 5.90. The van der Waals surface area contributed by atoms with E-state index in [2.05, 4.69) is 27.2 Å². The van der Waals surface area contributed by atoms with Gasteiger partial charge in [-0.1, -0.05) is 0 Å². The van der Waals surface area contributed by atoms with Crippen molar-refractivity contribution in [2.75, 3.05) is 50.1 Å². The number of carbonyl (C=O) groups excluding carboxylic acids is 2. The van der Waals surface area contributed by atoms with E-state index < -0.39 is 0 Å². The largest absolute Gasteiger partial charge is 0.497 e.